The lowest BCUT2D eigenvalue weighted by Crippen LogP contribution is -2.22. The van der Waals surface area contributed by atoms with Crippen LogP contribution in [0.15, 0.2) is 59.6 Å². The molecule has 0 unspecified atom stereocenters. The number of carbonyl (C=O) groups excluding carboxylic acids is 3. The van der Waals surface area contributed by atoms with Crippen LogP contribution in [-0.4, -0.2) is 36.1 Å². The van der Waals surface area contributed by atoms with E-state index >= 15 is 0 Å². The van der Waals surface area contributed by atoms with Gasteiger partial charge in [0.25, 0.3) is 5.91 Å². The number of rotatable bonds is 6. The Morgan fingerprint density at radius 2 is 1.90 bits per heavy atom. The molecule has 0 atom stereocenters. The van der Waals surface area contributed by atoms with Gasteiger partial charge in [-0.15, -0.1) is 0 Å². The fourth-order valence-electron chi connectivity index (χ4n) is 2.71. The van der Waals surface area contributed by atoms with Crippen LogP contribution in [0.1, 0.15) is 22.8 Å². The molecule has 8 heteroatoms. The van der Waals surface area contributed by atoms with Crippen LogP contribution in [0, 0.1) is 0 Å². The summed E-state index contributed by atoms with van der Waals surface area (Å²) in [6, 6.07) is 14.4. The molecule has 0 radical (unpaired) electrons. The lowest BCUT2D eigenvalue weighted by molar-refractivity contribution is -0.141. The number of ether oxygens (including phenoxy) is 2. The van der Waals surface area contributed by atoms with Crippen LogP contribution in [0.25, 0.3) is 16.3 Å². The van der Waals surface area contributed by atoms with Gasteiger partial charge in [0, 0.05) is 6.08 Å². The number of nitrogens with zero attached hydrogens (tertiary/aromatic N) is 2. The highest BCUT2D eigenvalue weighted by Gasteiger charge is 2.14. The highest BCUT2D eigenvalue weighted by atomic mass is 32.1. The van der Waals surface area contributed by atoms with Crippen LogP contribution >= 0.6 is 11.3 Å². The first-order valence-electron chi connectivity index (χ1n) is 9.21. The monoisotopic (exact) mass is 424 g/mol. The normalized spacial score (nSPS) is 11.7. The Labute approximate surface area is 176 Å². The number of amides is 1. The maximum absolute atomic E-state index is 12.4. The van der Waals surface area contributed by atoms with Gasteiger partial charge in [-0.05, 0) is 36.8 Å². The van der Waals surface area contributed by atoms with E-state index < -0.39 is 17.8 Å². The SMILES string of the molecule is CCOC(=O)c1ccc2c(c1)sc(=NC(=O)/C=C/c1ccccc1)n2CC(=O)OC. The van der Waals surface area contributed by atoms with Gasteiger partial charge in [-0.3, -0.25) is 9.59 Å². The molecule has 3 aromatic rings. The molecule has 1 aromatic heterocycles. The summed E-state index contributed by atoms with van der Waals surface area (Å²) in [6.45, 7) is 1.90. The molecule has 0 saturated carbocycles. The summed E-state index contributed by atoms with van der Waals surface area (Å²) in [5.74, 6) is -1.37. The van der Waals surface area contributed by atoms with E-state index in [-0.39, 0.29) is 13.2 Å². The van der Waals surface area contributed by atoms with Crippen LogP contribution in [0.4, 0.5) is 0 Å². The molecule has 2 aromatic carbocycles. The van der Waals surface area contributed by atoms with Gasteiger partial charge in [-0.2, -0.15) is 4.99 Å². The van der Waals surface area contributed by atoms with Crippen molar-refractivity contribution in [2.75, 3.05) is 13.7 Å². The maximum atomic E-state index is 12.4. The van der Waals surface area contributed by atoms with E-state index in [2.05, 4.69) is 4.99 Å². The highest BCUT2D eigenvalue weighted by molar-refractivity contribution is 7.16. The number of hydrogen-bond donors (Lipinski definition) is 0. The summed E-state index contributed by atoms with van der Waals surface area (Å²) >= 11 is 1.20. The van der Waals surface area contributed by atoms with Crippen LogP contribution in [-0.2, 0) is 25.6 Å². The van der Waals surface area contributed by atoms with Crippen LogP contribution in [0.2, 0.25) is 0 Å². The molecule has 0 aliphatic rings. The molecule has 0 spiro atoms. The Bertz CT molecular complexity index is 1180. The molecule has 154 valence electrons. The second-order valence-electron chi connectivity index (χ2n) is 6.14. The summed E-state index contributed by atoms with van der Waals surface area (Å²) in [5.41, 5.74) is 1.92. The first kappa shape index (κ1) is 21.2. The third-order valence-electron chi connectivity index (χ3n) is 4.13. The second kappa shape index (κ2) is 9.80. The molecule has 0 aliphatic heterocycles. The lowest BCUT2D eigenvalue weighted by Gasteiger charge is -2.04. The summed E-state index contributed by atoms with van der Waals surface area (Å²) in [5, 5.41) is 0. The quantitative estimate of drug-likeness (QED) is 0.448. The average Bonchev–Trinajstić information content (AvgIpc) is 3.09. The smallest absolute Gasteiger partial charge is 0.338 e. The lowest BCUT2D eigenvalue weighted by atomic mass is 10.2. The zero-order valence-electron chi connectivity index (χ0n) is 16.5. The zero-order chi connectivity index (χ0) is 21.5. The number of aromatic nitrogens is 1. The molecule has 0 saturated heterocycles. The number of esters is 2. The minimum absolute atomic E-state index is 0.107. The molecule has 0 bridgehead atoms. The van der Waals surface area contributed by atoms with Crippen molar-refractivity contribution in [3.05, 3.63) is 70.5 Å². The second-order valence-corrected chi connectivity index (χ2v) is 7.15. The fourth-order valence-corrected chi connectivity index (χ4v) is 3.78. The third-order valence-corrected chi connectivity index (χ3v) is 5.17. The number of fused-ring (bicyclic) bond motifs is 1. The van der Waals surface area contributed by atoms with Gasteiger partial charge in [0.05, 0.1) is 29.5 Å². The summed E-state index contributed by atoms with van der Waals surface area (Å²) in [4.78, 5) is 40.7. The standard InChI is InChI=1S/C22H20N2O5S/c1-3-29-21(27)16-10-11-17-18(13-16)30-22(24(17)14-20(26)28-2)23-19(25)12-9-15-7-5-4-6-8-15/h4-13H,3,14H2,1-2H3/b12-9+,23-22?. The number of carbonyl (C=O) groups is 3. The van der Waals surface area contributed by atoms with E-state index in [9.17, 15) is 14.4 Å². The van der Waals surface area contributed by atoms with Gasteiger partial charge in [-0.25, -0.2) is 4.79 Å². The van der Waals surface area contributed by atoms with E-state index in [0.29, 0.717) is 20.6 Å². The molecule has 1 amide bonds. The van der Waals surface area contributed by atoms with Crippen molar-refractivity contribution in [3.63, 3.8) is 0 Å². The van der Waals surface area contributed by atoms with Gasteiger partial charge in [0.15, 0.2) is 4.80 Å². The van der Waals surface area contributed by atoms with Crippen LogP contribution < -0.4 is 4.80 Å². The molecule has 0 aliphatic carbocycles. The van der Waals surface area contributed by atoms with E-state index in [1.807, 2.05) is 30.3 Å². The summed E-state index contributed by atoms with van der Waals surface area (Å²) in [7, 11) is 1.29. The minimum Gasteiger partial charge on any atom is -0.468 e. The van der Waals surface area contributed by atoms with Gasteiger partial charge < -0.3 is 14.0 Å². The van der Waals surface area contributed by atoms with E-state index in [1.165, 1.54) is 24.5 Å². The average molecular weight is 424 g/mol. The Morgan fingerprint density at radius 1 is 1.13 bits per heavy atom. The van der Waals surface area contributed by atoms with Gasteiger partial charge in [0.2, 0.25) is 0 Å². The number of hydrogen-bond acceptors (Lipinski definition) is 6. The first-order chi connectivity index (χ1) is 14.5. The largest absolute Gasteiger partial charge is 0.468 e. The predicted octanol–water partition coefficient (Wildman–Crippen LogP) is 3.19. The molecule has 0 fully saturated rings. The summed E-state index contributed by atoms with van der Waals surface area (Å²) in [6.07, 6.45) is 3.04. The van der Waals surface area contributed by atoms with Crippen molar-refractivity contribution in [2.24, 2.45) is 4.99 Å². The Morgan fingerprint density at radius 3 is 2.60 bits per heavy atom. The van der Waals surface area contributed by atoms with Crippen molar-refractivity contribution in [3.8, 4) is 0 Å². The first-order valence-corrected chi connectivity index (χ1v) is 10.0. The number of thiazole rings is 1. The molecule has 1 heterocycles. The van der Waals surface area contributed by atoms with Gasteiger partial charge >= 0.3 is 11.9 Å². The predicted molar refractivity (Wildman–Crippen MR) is 114 cm³/mol. The topological polar surface area (TPSA) is 87.0 Å². The molecule has 0 N–H and O–H groups in total. The van der Waals surface area contributed by atoms with E-state index in [1.54, 1.807) is 35.8 Å². The summed E-state index contributed by atoms with van der Waals surface area (Å²) < 4.78 is 12.1. The Hall–Kier alpha value is -3.52. The maximum Gasteiger partial charge on any atom is 0.338 e. The highest BCUT2D eigenvalue weighted by Crippen LogP contribution is 2.20. The van der Waals surface area contributed by atoms with Crippen molar-refractivity contribution in [1.82, 2.24) is 4.57 Å². The Kier molecular flexibility index (Phi) is 6.92. The zero-order valence-corrected chi connectivity index (χ0v) is 17.3. The fraction of sp³-hybridized carbons (Fsp3) is 0.182. The van der Waals surface area contributed by atoms with Crippen molar-refractivity contribution in [1.29, 1.82) is 0 Å². The van der Waals surface area contributed by atoms with Crippen molar-refractivity contribution < 1.29 is 23.9 Å². The van der Waals surface area contributed by atoms with Crippen LogP contribution in [0.3, 0.4) is 0 Å². The van der Waals surface area contributed by atoms with Gasteiger partial charge in [0.1, 0.15) is 6.54 Å². The van der Waals surface area contributed by atoms with E-state index in [4.69, 9.17) is 9.47 Å². The molecule has 3 rings (SSSR count). The van der Waals surface area contributed by atoms with Crippen LogP contribution in [0.5, 0.6) is 0 Å². The van der Waals surface area contributed by atoms with Gasteiger partial charge in [-0.1, -0.05) is 41.7 Å². The molecule has 7 nitrogen and oxygen atoms in total. The number of benzene rings is 2. The minimum atomic E-state index is -0.474. The number of methoxy groups -OCH3 is 1. The van der Waals surface area contributed by atoms with Crippen molar-refractivity contribution >= 4 is 45.5 Å². The molecular weight excluding hydrogens is 404 g/mol. The van der Waals surface area contributed by atoms with E-state index in [0.717, 1.165) is 5.56 Å². The third kappa shape index (κ3) is 5.09. The van der Waals surface area contributed by atoms with Crippen molar-refractivity contribution in [2.45, 2.75) is 13.5 Å². The molecule has 30 heavy (non-hydrogen) atoms. The Balaban J connectivity index is 2.02. The molecular formula is C22H20N2O5S.